The van der Waals surface area contributed by atoms with Gasteiger partial charge in [0.05, 0.1) is 47.4 Å². The van der Waals surface area contributed by atoms with E-state index in [2.05, 4.69) is 57.9 Å². The second kappa shape index (κ2) is 15.2. The van der Waals surface area contributed by atoms with Gasteiger partial charge in [-0.3, -0.25) is 9.88 Å². The lowest BCUT2D eigenvalue weighted by Crippen LogP contribution is -2.57. The van der Waals surface area contributed by atoms with E-state index in [1.165, 1.54) is 13.2 Å². The third-order valence-electron chi connectivity index (χ3n) is 13.0. The number of hydrogen-bond acceptors (Lipinski definition) is 9. The predicted molar refractivity (Wildman–Crippen MR) is 228 cm³/mol. The first-order valence-electron chi connectivity index (χ1n) is 20.9. The summed E-state index contributed by atoms with van der Waals surface area (Å²) in [4.78, 5) is 27.5. The molecule has 0 N–H and O–H groups in total. The lowest BCUT2D eigenvalue weighted by molar-refractivity contribution is -0.0682. The molecule has 1 amide bonds. The van der Waals surface area contributed by atoms with Crippen molar-refractivity contribution in [1.82, 2.24) is 14.9 Å². The number of piperazine rings is 1. The van der Waals surface area contributed by atoms with Crippen molar-refractivity contribution in [3.8, 4) is 34.2 Å². The molecule has 8 rings (SSSR count). The maximum absolute atomic E-state index is 18.0. The Morgan fingerprint density at radius 1 is 1.00 bits per heavy atom. The number of methoxy groups -OCH3 is 1. The summed E-state index contributed by atoms with van der Waals surface area (Å²) in [5, 5.41) is 1.84. The number of rotatable bonds is 8. The molecular formula is C46H56F2N4O6Si. The van der Waals surface area contributed by atoms with Crippen molar-refractivity contribution in [2.75, 3.05) is 51.7 Å². The number of carbonyl (C=O) groups is 1. The minimum atomic E-state index is -2.29. The Morgan fingerprint density at radius 3 is 2.27 bits per heavy atom. The van der Waals surface area contributed by atoms with Gasteiger partial charge >= 0.3 is 6.09 Å². The molecule has 2 aromatic heterocycles. The maximum Gasteiger partial charge on any atom is 0.410 e. The number of nitrogens with zero attached hydrogens (tertiary/aromatic N) is 4. The Labute approximate surface area is 346 Å². The molecule has 0 saturated carbocycles. The van der Waals surface area contributed by atoms with Crippen LogP contribution < -0.4 is 14.4 Å². The van der Waals surface area contributed by atoms with Gasteiger partial charge in [-0.05, 0) is 73.8 Å². The first kappa shape index (κ1) is 41.2. The van der Waals surface area contributed by atoms with Gasteiger partial charge in [0.1, 0.15) is 43.4 Å². The van der Waals surface area contributed by atoms with E-state index in [1.807, 2.05) is 25.7 Å². The Kier molecular flexibility index (Phi) is 10.6. The summed E-state index contributed by atoms with van der Waals surface area (Å²) in [5.41, 5.74) is 4.77. The summed E-state index contributed by atoms with van der Waals surface area (Å²) in [7, 11) is -0.766. The molecule has 2 aromatic carbocycles. The van der Waals surface area contributed by atoms with Gasteiger partial charge in [0.2, 0.25) is 0 Å². The van der Waals surface area contributed by atoms with Crippen molar-refractivity contribution < 1.29 is 37.3 Å². The van der Waals surface area contributed by atoms with E-state index >= 15 is 8.78 Å². The second-order valence-corrected chi connectivity index (χ2v) is 24.3. The molecule has 10 nitrogen and oxygen atoms in total. The van der Waals surface area contributed by atoms with Crippen LogP contribution in [-0.4, -0.2) is 93.5 Å². The summed E-state index contributed by atoms with van der Waals surface area (Å²) in [6.07, 6.45) is 2.99. The average molecular weight is 827 g/mol. The largest absolute Gasteiger partial charge is 0.490 e. The van der Waals surface area contributed by atoms with Gasteiger partial charge in [0.25, 0.3) is 0 Å². The molecule has 4 aliphatic rings. The number of benzene rings is 2. The molecule has 13 heteroatoms. The van der Waals surface area contributed by atoms with Crippen molar-refractivity contribution in [1.29, 1.82) is 0 Å². The maximum atomic E-state index is 18.0. The van der Waals surface area contributed by atoms with Crippen molar-refractivity contribution >= 4 is 41.5 Å². The fraction of sp³-hybridized carbons (Fsp3) is 0.543. The van der Waals surface area contributed by atoms with E-state index in [0.717, 1.165) is 12.8 Å². The van der Waals surface area contributed by atoms with Gasteiger partial charge in [0.15, 0.2) is 18.4 Å². The summed E-state index contributed by atoms with van der Waals surface area (Å²) < 4.78 is 63.3. The number of aromatic nitrogens is 2. The van der Waals surface area contributed by atoms with Gasteiger partial charge < -0.3 is 28.6 Å². The van der Waals surface area contributed by atoms with Gasteiger partial charge in [-0.2, -0.15) is 0 Å². The van der Waals surface area contributed by atoms with Crippen LogP contribution in [0, 0.1) is 23.1 Å². The van der Waals surface area contributed by atoms with E-state index in [0.29, 0.717) is 94.3 Å². The van der Waals surface area contributed by atoms with Crippen molar-refractivity contribution in [2.24, 2.45) is 0 Å². The highest BCUT2D eigenvalue weighted by molar-refractivity contribution is 6.90. The van der Waals surface area contributed by atoms with Crippen molar-refractivity contribution in [3.05, 3.63) is 53.4 Å². The van der Waals surface area contributed by atoms with Gasteiger partial charge in [-0.15, -0.1) is 5.54 Å². The molecule has 2 atom stereocenters. The number of hydrogen-bond donors (Lipinski definition) is 0. The first-order chi connectivity index (χ1) is 28.0. The van der Waals surface area contributed by atoms with Crippen LogP contribution in [0.3, 0.4) is 0 Å². The molecular weight excluding hydrogens is 771 g/mol. The Morgan fingerprint density at radius 2 is 1.68 bits per heavy atom. The van der Waals surface area contributed by atoms with Gasteiger partial charge in [0, 0.05) is 42.7 Å². The van der Waals surface area contributed by atoms with E-state index in [9.17, 15) is 4.79 Å². The quantitative estimate of drug-likeness (QED) is 0.0979. The Balaban J connectivity index is 1.32. The van der Waals surface area contributed by atoms with Crippen LogP contribution >= 0.6 is 0 Å². The minimum absolute atomic E-state index is 0.0164. The molecule has 314 valence electrons. The van der Waals surface area contributed by atoms with Crippen molar-refractivity contribution in [3.63, 3.8) is 0 Å². The third kappa shape index (κ3) is 6.89. The highest BCUT2D eigenvalue weighted by Gasteiger charge is 2.51. The molecule has 0 radical (unpaired) electrons. The number of amides is 1. The molecule has 2 bridgehead atoms. The summed E-state index contributed by atoms with van der Waals surface area (Å²) in [6, 6.07) is 6.39. The molecule has 3 fully saturated rings. The van der Waals surface area contributed by atoms with Crippen LogP contribution in [0.1, 0.15) is 86.4 Å². The molecule has 1 spiro atoms. The van der Waals surface area contributed by atoms with E-state index in [-0.39, 0.29) is 41.6 Å². The topological polar surface area (TPSA) is 95.5 Å². The first-order valence-corrected chi connectivity index (χ1v) is 23.1. The molecule has 59 heavy (non-hydrogen) atoms. The van der Waals surface area contributed by atoms with E-state index in [1.54, 1.807) is 24.4 Å². The summed E-state index contributed by atoms with van der Waals surface area (Å²) in [5.74, 6) is 3.63. The number of anilines is 1. The Hall–Kier alpha value is -4.51. The van der Waals surface area contributed by atoms with Crippen LogP contribution in [0.5, 0.6) is 11.5 Å². The molecule has 6 heterocycles. The molecule has 4 aromatic rings. The lowest BCUT2D eigenvalue weighted by Gasteiger charge is -2.42. The number of carbonyl (C=O) groups excluding carboxylic acids is 1. The zero-order valence-corrected chi connectivity index (χ0v) is 36.9. The third-order valence-corrected chi connectivity index (χ3v) is 19.3. The Bertz CT molecular complexity index is 2350. The van der Waals surface area contributed by atoms with Crippen LogP contribution in [0.15, 0.2) is 30.5 Å². The second-order valence-electron chi connectivity index (χ2n) is 18.8. The highest BCUT2D eigenvalue weighted by atomic mass is 28.3. The van der Waals surface area contributed by atoms with Crippen LogP contribution in [0.25, 0.3) is 32.8 Å². The normalized spacial score (nSPS) is 19.7. The summed E-state index contributed by atoms with van der Waals surface area (Å²) in [6.45, 7) is 21.0. The monoisotopic (exact) mass is 826 g/mol. The van der Waals surface area contributed by atoms with Gasteiger partial charge in [-0.25, -0.2) is 18.6 Å². The molecule has 3 saturated heterocycles. The molecule has 0 aliphatic carbocycles. The van der Waals surface area contributed by atoms with Crippen LogP contribution in [-0.2, 0) is 19.6 Å². The minimum Gasteiger partial charge on any atom is -0.490 e. The predicted octanol–water partition coefficient (Wildman–Crippen LogP) is 9.53. The van der Waals surface area contributed by atoms with Gasteiger partial charge in [-0.1, -0.05) is 53.5 Å². The number of ether oxygens (including phenoxy) is 5. The fourth-order valence-corrected chi connectivity index (χ4v) is 15.4. The fourth-order valence-electron chi connectivity index (χ4n) is 10.2. The van der Waals surface area contributed by atoms with E-state index < -0.39 is 30.7 Å². The smallest absolute Gasteiger partial charge is 0.410 e. The highest BCUT2D eigenvalue weighted by Crippen LogP contribution is 2.51. The molecule has 4 aliphatic heterocycles. The number of fused-ring (bicyclic) bond motifs is 7. The zero-order chi connectivity index (χ0) is 42.2. The number of halogens is 2. The van der Waals surface area contributed by atoms with E-state index in [4.69, 9.17) is 33.7 Å². The molecule has 2 unspecified atom stereocenters. The van der Waals surface area contributed by atoms with Crippen LogP contribution in [0.2, 0.25) is 16.6 Å². The van der Waals surface area contributed by atoms with Crippen LogP contribution in [0.4, 0.5) is 19.4 Å². The zero-order valence-electron chi connectivity index (χ0n) is 35.9. The summed E-state index contributed by atoms with van der Waals surface area (Å²) >= 11 is 0. The SMILES string of the molecule is COCOc1cc(-c2ncc3c(N4CC5CCC(C4)N5C(=O)OC(C)(C)C)nc4c(c3c2F)OCC42COC2)c2c(C#C[Si](C(C)C)(C(C)C)C(C)C)c(F)ccc2c1. The van der Waals surface area contributed by atoms with Crippen molar-refractivity contribution in [2.45, 2.75) is 115 Å². The lowest BCUT2D eigenvalue weighted by atomic mass is 9.83. The number of pyridine rings is 2. The average Bonchev–Trinajstić information content (AvgIpc) is 3.68. The standard InChI is InChI=1S/C46H56F2N4O6Si/c1-26(2)59(27(3)4,28(5)6)16-15-33-36(47)14-11-29-17-32(57-25-54-10)18-34(37(29)33)40-39(48)38-35(19-49-40)43(50-42-41(38)56-24-46(42)22-55-23-46)51-20-30-12-13-31(21-51)52(30)44(53)58-45(7,8)9/h11,14,17-19,26-28,30-31H,12-13,20-25H2,1-10H3.